The van der Waals surface area contributed by atoms with Crippen molar-refractivity contribution in [1.29, 1.82) is 0 Å². The van der Waals surface area contributed by atoms with E-state index in [0.717, 1.165) is 0 Å². The number of nitrogens with one attached hydrogen (secondary N) is 2. The molecule has 0 amide bonds. The van der Waals surface area contributed by atoms with Gasteiger partial charge in [-0.15, -0.1) is 0 Å². The largest absolute Gasteiger partial charge is 0.368 e. The first kappa shape index (κ1) is 9.45. The average Bonchev–Trinajstić information content (AvgIpc) is 2.62. The van der Waals surface area contributed by atoms with Crippen molar-refractivity contribution in [2.24, 2.45) is 0 Å². The predicted molar refractivity (Wildman–Crippen MR) is 56.9 cm³/mol. The third-order valence-corrected chi connectivity index (χ3v) is 2.11. The van der Waals surface area contributed by atoms with E-state index in [9.17, 15) is 10.1 Å². The number of nitrogens with zero attached hydrogens (tertiary/aromatic N) is 2. The van der Waals surface area contributed by atoms with Gasteiger partial charge in [0.05, 0.1) is 10.4 Å². The number of aromatic nitrogens is 2. The zero-order valence-electron chi connectivity index (χ0n) is 8.15. The van der Waals surface area contributed by atoms with E-state index >= 15 is 0 Å². The summed E-state index contributed by atoms with van der Waals surface area (Å²) in [5.41, 5.74) is 0.734. The highest BCUT2D eigenvalue weighted by molar-refractivity contribution is 5.97. The Kier molecular flexibility index (Phi) is 2.24. The van der Waals surface area contributed by atoms with E-state index in [1.54, 1.807) is 12.1 Å². The standard InChI is InChI=1S/C9H10N4O2/c1-2-10-9-8-6(11-12-9)4-3-5-7(8)13(14)15/h3-5H,2H2,1H3,(H2,10,11,12). The van der Waals surface area contributed by atoms with Crippen LogP contribution in [0.2, 0.25) is 0 Å². The highest BCUT2D eigenvalue weighted by Gasteiger charge is 2.17. The molecule has 0 fully saturated rings. The van der Waals surface area contributed by atoms with Crippen molar-refractivity contribution in [1.82, 2.24) is 10.2 Å². The highest BCUT2D eigenvalue weighted by Crippen LogP contribution is 2.29. The lowest BCUT2D eigenvalue weighted by atomic mass is 10.2. The number of hydrogen-bond donors (Lipinski definition) is 2. The van der Waals surface area contributed by atoms with E-state index in [4.69, 9.17) is 0 Å². The van der Waals surface area contributed by atoms with Crippen LogP contribution in [0.5, 0.6) is 0 Å². The first-order chi connectivity index (χ1) is 7.24. The molecule has 0 saturated heterocycles. The molecule has 1 heterocycles. The summed E-state index contributed by atoms with van der Waals surface area (Å²) in [5, 5.41) is 21.1. The number of fused-ring (bicyclic) bond motifs is 1. The van der Waals surface area contributed by atoms with E-state index in [2.05, 4.69) is 15.5 Å². The van der Waals surface area contributed by atoms with Gasteiger partial charge in [-0.3, -0.25) is 15.2 Å². The van der Waals surface area contributed by atoms with E-state index < -0.39 is 4.92 Å². The van der Waals surface area contributed by atoms with Crippen LogP contribution in [-0.2, 0) is 0 Å². The molecule has 0 saturated carbocycles. The van der Waals surface area contributed by atoms with Crippen LogP contribution in [0, 0.1) is 10.1 Å². The van der Waals surface area contributed by atoms with Crippen LogP contribution >= 0.6 is 0 Å². The zero-order chi connectivity index (χ0) is 10.8. The molecule has 0 unspecified atom stereocenters. The molecule has 78 valence electrons. The quantitative estimate of drug-likeness (QED) is 0.593. The maximum Gasteiger partial charge on any atom is 0.282 e. The minimum Gasteiger partial charge on any atom is -0.368 e. The fourth-order valence-corrected chi connectivity index (χ4v) is 1.50. The topological polar surface area (TPSA) is 83.8 Å². The molecule has 0 bridgehead atoms. The summed E-state index contributed by atoms with van der Waals surface area (Å²) in [5.74, 6) is 0.528. The Balaban J connectivity index is 2.69. The van der Waals surface area contributed by atoms with Crippen molar-refractivity contribution in [3.8, 4) is 0 Å². The molecule has 2 aromatic rings. The fraction of sp³-hybridized carbons (Fsp3) is 0.222. The Morgan fingerprint density at radius 3 is 3.07 bits per heavy atom. The summed E-state index contributed by atoms with van der Waals surface area (Å²) in [7, 11) is 0. The van der Waals surface area contributed by atoms with Crippen molar-refractivity contribution >= 4 is 22.4 Å². The second kappa shape index (κ2) is 3.56. The summed E-state index contributed by atoms with van der Waals surface area (Å²) in [6.07, 6.45) is 0. The Morgan fingerprint density at radius 1 is 1.60 bits per heavy atom. The van der Waals surface area contributed by atoms with E-state index in [-0.39, 0.29) is 5.69 Å². The molecule has 0 atom stereocenters. The number of aromatic amines is 1. The molecular weight excluding hydrogens is 196 g/mol. The number of non-ortho nitro benzene ring substituents is 1. The molecule has 0 aliphatic carbocycles. The molecule has 15 heavy (non-hydrogen) atoms. The Morgan fingerprint density at radius 2 is 2.40 bits per heavy atom. The van der Waals surface area contributed by atoms with Gasteiger partial charge in [0.1, 0.15) is 5.39 Å². The van der Waals surface area contributed by atoms with Crippen LogP contribution in [0.25, 0.3) is 10.9 Å². The maximum atomic E-state index is 10.8. The second-order valence-electron chi connectivity index (χ2n) is 3.06. The highest BCUT2D eigenvalue weighted by atomic mass is 16.6. The summed E-state index contributed by atoms with van der Waals surface area (Å²) < 4.78 is 0. The Labute approximate surface area is 85.4 Å². The monoisotopic (exact) mass is 206 g/mol. The van der Waals surface area contributed by atoms with Gasteiger partial charge in [-0.25, -0.2) is 0 Å². The van der Waals surface area contributed by atoms with Crippen LogP contribution < -0.4 is 5.32 Å². The number of nitro benzene ring substituents is 1. The molecule has 0 radical (unpaired) electrons. The van der Waals surface area contributed by atoms with Crippen molar-refractivity contribution in [3.05, 3.63) is 28.3 Å². The van der Waals surface area contributed by atoms with Crippen molar-refractivity contribution in [2.75, 3.05) is 11.9 Å². The van der Waals surface area contributed by atoms with Gasteiger partial charge < -0.3 is 5.32 Å². The fourth-order valence-electron chi connectivity index (χ4n) is 1.50. The van der Waals surface area contributed by atoms with Gasteiger partial charge in [0.15, 0.2) is 5.82 Å². The van der Waals surface area contributed by atoms with Gasteiger partial charge in [0.2, 0.25) is 0 Å². The third-order valence-electron chi connectivity index (χ3n) is 2.11. The summed E-state index contributed by atoms with van der Waals surface area (Å²) in [6, 6.07) is 4.86. The van der Waals surface area contributed by atoms with Crippen molar-refractivity contribution in [2.45, 2.75) is 6.92 Å². The average molecular weight is 206 g/mol. The van der Waals surface area contributed by atoms with Crippen LogP contribution in [0.4, 0.5) is 11.5 Å². The number of anilines is 1. The van der Waals surface area contributed by atoms with E-state index in [1.165, 1.54) is 6.07 Å². The number of hydrogen-bond acceptors (Lipinski definition) is 4. The Hall–Kier alpha value is -2.11. The first-order valence-electron chi connectivity index (χ1n) is 4.59. The minimum absolute atomic E-state index is 0.0669. The number of benzene rings is 1. The molecule has 0 spiro atoms. The van der Waals surface area contributed by atoms with Crippen molar-refractivity contribution < 1.29 is 4.92 Å². The van der Waals surface area contributed by atoms with Gasteiger partial charge in [0, 0.05) is 12.6 Å². The van der Waals surface area contributed by atoms with Gasteiger partial charge in [-0.1, -0.05) is 6.07 Å². The lowest BCUT2D eigenvalue weighted by Crippen LogP contribution is -1.98. The van der Waals surface area contributed by atoms with Crippen LogP contribution in [0.15, 0.2) is 18.2 Å². The van der Waals surface area contributed by atoms with E-state index in [1.807, 2.05) is 6.92 Å². The summed E-state index contributed by atoms with van der Waals surface area (Å²) in [6.45, 7) is 2.58. The van der Waals surface area contributed by atoms with Crippen molar-refractivity contribution in [3.63, 3.8) is 0 Å². The van der Waals surface area contributed by atoms with Crippen LogP contribution in [0.1, 0.15) is 6.92 Å². The lowest BCUT2D eigenvalue weighted by Gasteiger charge is -1.98. The first-order valence-corrected chi connectivity index (χ1v) is 4.59. The maximum absolute atomic E-state index is 10.8. The van der Waals surface area contributed by atoms with Gasteiger partial charge >= 0.3 is 0 Å². The summed E-state index contributed by atoms with van der Waals surface area (Å²) >= 11 is 0. The van der Waals surface area contributed by atoms with Crippen LogP contribution in [0.3, 0.4) is 0 Å². The molecule has 1 aromatic heterocycles. The molecule has 0 aliphatic rings. The molecule has 6 heteroatoms. The SMILES string of the molecule is CCNc1n[nH]c2cccc([N+](=O)[O-])c12. The smallest absolute Gasteiger partial charge is 0.282 e. The molecule has 2 N–H and O–H groups in total. The van der Waals surface area contributed by atoms with Gasteiger partial charge in [-0.2, -0.15) is 5.10 Å². The second-order valence-corrected chi connectivity index (χ2v) is 3.06. The molecule has 6 nitrogen and oxygen atoms in total. The summed E-state index contributed by atoms with van der Waals surface area (Å²) in [4.78, 5) is 10.4. The van der Waals surface area contributed by atoms with Gasteiger partial charge in [-0.05, 0) is 13.0 Å². The van der Waals surface area contributed by atoms with Crippen LogP contribution in [-0.4, -0.2) is 21.7 Å². The number of nitro groups is 1. The predicted octanol–water partition coefficient (Wildman–Crippen LogP) is 1.90. The van der Waals surface area contributed by atoms with Gasteiger partial charge in [0.25, 0.3) is 5.69 Å². The minimum atomic E-state index is -0.404. The molecular formula is C9H10N4O2. The normalized spacial score (nSPS) is 10.5. The van der Waals surface area contributed by atoms with E-state index in [0.29, 0.717) is 23.3 Å². The molecule has 2 rings (SSSR count). The Bertz CT molecular complexity index is 506. The lowest BCUT2D eigenvalue weighted by molar-refractivity contribution is -0.383. The molecule has 0 aliphatic heterocycles. The number of rotatable bonds is 3. The number of H-pyrrole nitrogens is 1. The third kappa shape index (κ3) is 1.50. The molecule has 1 aromatic carbocycles. The zero-order valence-corrected chi connectivity index (χ0v) is 8.15.